The summed E-state index contributed by atoms with van der Waals surface area (Å²) in [6.45, 7) is 2.13. The molecule has 1 atom stereocenters. The quantitative estimate of drug-likeness (QED) is 0.823. The van der Waals surface area contributed by atoms with Crippen LogP contribution in [0.3, 0.4) is 0 Å². The maximum Gasteiger partial charge on any atom is 0.246 e. The molecule has 0 saturated carbocycles. The molecule has 2 rings (SSSR count). The van der Waals surface area contributed by atoms with Gasteiger partial charge in [0.1, 0.15) is 11.9 Å². The molecule has 0 unspecified atom stereocenters. The molecule has 0 radical (unpaired) electrons. The zero-order valence-corrected chi connectivity index (χ0v) is 15.0. The summed E-state index contributed by atoms with van der Waals surface area (Å²) >= 11 is 0. The van der Waals surface area contributed by atoms with Crippen LogP contribution < -0.4 is 10.0 Å². The zero-order chi connectivity index (χ0) is 18.8. The lowest BCUT2D eigenvalue weighted by Gasteiger charge is -2.36. The molecule has 0 bridgehead atoms. The van der Waals surface area contributed by atoms with Crippen molar-refractivity contribution in [2.24, 2.45) is 11.7 Å². The molecule has 2 amide bonds. The number of amides is 2. The number of primary amides is 1. The first-order valence-corrected chi connectivity index (χ1v) is 9.79. The topological polar surface area (TPSA) is 101 Å². The van der Waals surface area contributed by atoms with Gasteiger partial charge in [-0.15, -0.1) is 0 Å². The van der Waals surface area contributed by atoms with Gasteiger partial charge in [-0.2, -0.15) is 0 Å². The Labute approximate surface area is 146 Å². The van der Waals surface area contributed by atoms with Gasteiger partial charge in [-0.05, 0) is 38.0 Å². The van der Waals surface area contributed by atoms with Crippen LogP contribution in [0.25, 0.3) is 0 Å². The van der Waals surface area contributed by atoms with E-state index in [0.29, 0.717) is 25.9 Å². The van der Waals surface area contributed by atoms with E-state index >= 15 is 0 Å². The Kier molecular flexibility index (Phi) is 5.66. The van der Waals surface area contributed by atoms with Gasteiger partial charge in [0.05, 0.1) is 11.9 Å². The summed E-state index contributed by atoms with van der Waals surface area (Å²) in [5.41, 5.74) is 5.37. The highest BCUT2D eigenvalue weighted by Gasteiger charge is 2.34. The lowest BCUT2D eigenvalue weighted by atomic mass is 9.96. The maximum absolute atomic E-state index is 13.5. The van der Waals surface area contributed by atoms with E-state index in [2.05, 4.69) is 0 Å². The minimum absolute atomic E-state index is 0.0929. The van der Waals surface area contributed by atoms with Crippen LogP contribution in [0.2, 0.25) is 0 Å². The van der Waals surface area contributed by atoms with Gasteiger partial charge in [-0.25, -0.2) is 12.8 Å². The maximum atomic E-state index is 13.5. The molecule has 1 saturated heterocycles. The minimum atomic E-state index is -3.80. The van der Waals surface area contributed by atoms with E-state index in [0.717, 1.165) is 16.6 Å². The molecule has 1 heterocycles. The Morgan fingerprint density at radius 2 is 1.92 bits per heavy atom. The van der Waals surface area contributed by atoms with Crippen molar-refractivity contribution in [3.63, 3.8) is 0 Å². The molecule has 138 valence electrons. The zero-order valence-electron chi connectivity index (χ0n) is 14.2. The molecule has 9 heteroatoms. The number of halogens is 1. The number of rotatable bonds is 5. The summed E-state index contributed by atoms with van der Waals surface area (Å²) in [6, 6.07) is 4.07. The molecule has 1 aliphatic heterocycles. The van der Waals surface area contributed by atoms with Crippen LogP contribution in [0, 0.1) is 11.7 Å². The van der Waals surface area contributed by atoms with E-state index in [1.54, 1.807) is 0 Å². The van der Waals surface area contributed by atoms with Crippen LogP contribution in [0.15, 0.2) is 24.3 Å². The van der Waals surface area contributed by atoms with Crippen molar-refractivity contribution in [1.29, 1.82) is 0 Å². The number of anilines is 1. The third kappa shape index (κ3) is 4.47. The smallest absolute Gasteiger partial charge is 0.246 e. The van der Waals surface area contributed by atoms with E-state index < -0.39 is 33.7 Å². The number of nitrogens with zero attached hydrogens (tertiary/aromatic N) is 2. The Bertz CT molecular complexity index is 760. The molecular formula is C16H22FN3O4S. The number of hydrogen-bond donors (Lipinski definition) is 1. The highest BCUT2D eigenvalue weighted by atomic mass is 32.2. The van der Waals surface area contributed by atoms with Gasteiger partial charge in [0, 0.05) is 19.0 Å². The van der Waals surface area contributed by atoms with Crippen molar-refractivity contribution in [1.82, 2.24) is 4.90 Å². The number of benzene rings is 1. The Hall–Kier alpha value is -2.16. The minimum Gasteiger partial charge on any atom is -0.369 e. The Balaban J connectivity index is 2.21. The summed E-state index contributed by atoms with van der Waals surface area (Å²) in [5, 5.41) is 0. The van der Waals surface area contributed by atoms with Gasteiger partial charge in [0.25, 0.3) is 0 Å². The normalized spacial score (nSPS) is 17.2. The van der Waals surface area contributed by atoms with Crippen LogP contribution in [0.1, 0.15) is 19.8 Å². The molecular weight excluding hydrogens is 349 g/mol. The summed E-state index contributed by atoms with van der Waals surface area (Å²) < 4.78 is 38.8. The fourth-order valence-electron chi connectivity index (χ4n) is 3.06. The van der Waals surface area contributed by atoms with Gasteiger partial charge in [0.15, 0.2) is 0 Å². The second kappa shape index (κ2) is 7.38. The second-order valence-corrected chi connectivity index (χ2v) is 8.08. The van der Waals surface area contributed by atoms with Gasteiger partial charge in [0.2, 0.25) is 21.8 Å². The lowest BCUT2D eigenvalue weighted by molar-refractivity contribution is -0.135. The Morgan fingerprint density at radius 1 is 1.32 bits per heavy atom. The first-order valence-electron chi connectivity index (χ1n) is 7.94. The third-order valence-electron chi connectivity index (χ3n) is 4.34. The number of piperidine rings is 1. The number of likely N-dealkylation sites (tertiary alicyclic amines) is 1. The first kappa shape index (κ1) is 19.2. The third-order valence-corrected chi connectivity index (χ3v) is 5.58. The molecule has 0 aromatic heterocycles. The summed E-state index contributed by atoms with van der Waals surface area (Å²) in [4.78, 5) is 25.5. The molecule has 0 spiro atoms. The van der Waals surface area contributed by atoms with Crippen LogP contribution in [0.5, 0.6) is 0 Å². The van der Waals surface area contributed by atoms with E-state index in [1.807, 2.05) is 0 Å². The van der Waals surface area contributed by atoms with Crippen LogP contribution in [-0.4, -0.2) is 50.5 Å². The highest BCUT2D eigenvalue weighted by Crippen LogP contribution is 2.24. The molecule has 1 aromatic carbocycles. The highest BCUT2D eigenvalue weighted by molar-refractivity contribution is 7.92. The molecule has 2 N–H and O–H groups in total. The molecule has 7 nitrogen and oxygen atoms in total. The lowest BCUT2D eigenvalue weighted by Crippen LogP contribution is -2.52. The summed E-state index contributed by atoms with van der Waals surface area (Å²) in [7, 11) is -3.80. The van der Waals surface area contributed by atoms with Crippen LogP contribution >= 0.6 is 0 Å². The molecule has 1 fully saturated rings. The van der Waals surface area contributed by atoms with Gasteiger partial charge >= 0.3 is 0 Å². The Morgan fingerprint density at radius 3 is 2.40 bits per heavy atom. The van der Waals surface area contributed by atoms with E-state index in [4.69, 9.17) is 5.73 Å². The van der Waals surface area contributed by atoms with E-state index in [1.165, 1.54) is 30.0 Å². The molecule has 1 aromatic rings. The van der Waals surface area contributed by atoms with E-state index in [-0.39, 0.29) is 11.6 Å². The largest absolute Gasteiger partial charge is 0.369 e. The number of sulfonamides is 1. The first-order chi connectivity index (χ1) is 11.6. The fraction of sp³-hybridized carbons (Fsp3) is 0.500. The van der Waals surface area contributed by atoms with Crippen molar-refractivity contribution in [2.75, 3.05) is 23.7 Å². The average Bonchev–Trinajstić information content (AvgIpc) is 2.53. The number of hydrogen-bond acceptors (Lipinski definition) is 4. The van der Waals surface area contributed by atoms with Crippen molar-refractivity contribution in [3.8, 4) is 0 Å². The van der Waals surface area contributed by atoms with Gasteiger partial charge in [-0.1, -0.05) is 6.07 Å². The fourth-order valence-corrected chi connectivity index (χ4v) is 4.23. The van der Waals surface area contributed by atoms with Crippen molar-refractivity contribution in [3.05, 3.63) is 30.1 Å². The second-order valence-electron chi connectivity index (χ2n) is 6.22. The van der Waals surface area contributed by atoms with E-state index in [9.17, 15) is 22.4 Å². The van der Waals surface area contributed by atoms with Gasteiger partial charge < -0.3 is 10.6 Å². The SMILES string of the molecule is C[C@H](C(=O)N1CCC(C(N)=O)CC1)N(c1cccc(F)c1)S(C)(=O)=O. The van der Waals surface area contributed by atoms with Crippen molar-refractivity contribution < 1.29 is 22.4 Å². The number of carbonyl (C=O) groups excluding carboxylic acids is 2. The van der Waals surface area contributed by atoms with Crippen LogP contribution in [-0.2, 0) is 19.6 Å². The molecule has 0 aliphatic carbocycles. The standard InChI is InChI=1S/C16H22FN3O4S/c1-11(16(22)19-8-6-12(7-9-19)15(18)21)20(25(2,23)24)14-5-3-4-13(17)10-14/h3-5,10-12H,6-9H2,1-2H3,(H2,18,21)/t11-/m1/s1. The predicted octanol–water partition coefficient (Wildman–Crippen LogP) is 0.704. The van der Waals surface area contributed by atoms with Crippen molar-refractivity contribution >= 4 is 27.5 Å². The molecule has 1 aliphatic rings. The average molecular weight is 371 g/mol. The van der Waals surface area contributed by atoms with Crippen LogP contribution in [0.4, 0.5) is 10.1 Å². The predicted molar refractivity (Wildman–Crippen MR) is 91.7 cm³/mol. The summed E-state index contributed by atoms with van der Waals surface area (Å²) in [6.07, 6.45) is 1.88. The number of nitrogens with two attached hydrogens (primary N) is 1. The number of carbonyl (C=O) groups is 2. The summed E-state index contributed by atoms with van der Waals surface area (Å²) in [5.74, 6) is -1.64. The monoisotopic (exact) mass is 371 g/mol. The van der Waals surface area contributed by atoms with Crippen molar-refractivity contribution in [2.45, 2.75) is 25.8 Å². The molecule has 25 heavy (non-hydrogen) atoms. The van der Waals surface area contributed by atoms with Gasteiger partial charge in [-0.3, -0.25) is 13.9 Å².